The van der Waals surface area contributed by atoms with Crippen LogP contribution in [0.5, 0.6) is 0 Å². The third-order valence-corrected chi connectivity index (χ3v) is 8.71. The first-order valence-corrected chi connectivity index (χ1v) is 14.2. The smallest absolute Gasteiger partial charge is 0.234 e. The van der Waals surface area contributed by atoms with Crippen LogP contribution in [0.4, 0.5) is 0 Å². The van der Waals surface area contributed by atoms with Crippen molar-refractivity contribution in [2.45, 2.75) is 70.9 Å². The Balaban J connectivity index is 0.000000176. The van der Waals surface area contributed by atoms with E-state index in [4.69, 9.17) is 4.74 Å². The highest BCUT2D eigenvalue weighted by atomic mass is 16.5. The van der Waals surface area contributed by atoms with Gasteiger partial charge in [0.25, 0.3) is 0 Å². The van der Waals surface area contributed by atoms with Gasteiger partial charge in [-0.15, -0.1) is 0 Å². The summed E-state index contributed by atoms with van der Waals surface area (Å²) < 4.78 is 5.18. The van der Waals surface area contributed by atoms with Gasteiger partial charge >= 0.3 is 0 Å². The largest absolute Gasteiger partial charge is 0.384 e. The van der Waals surface area contributed by atoms with Gasteiger partial charge in [-0.05, 0) is 65.5 Å². The van der Waals surface area contributed by atoms with Crippen molar-refractivity contribution in [3.8, 4) is 0 Å². The van der Waals surface area contributed by atoms with E-state index in [2.05, 4.69) is 42.5 Å². The number of carbonyl (C=O) groups excluding carboxylic acids is 2. The molecule has 0 N–H and O–H groups in total. The highest BCUT2D eigenvalue weighted by molar-refractivity contribution is 5.91. The summed E-state index contributed by atoms with van der Waals surface area (Å²) in [5.41, 5.74) is 0.493. The number of hydrogen-bond donors (Lipinski definition) is 0. The third-order valence-electron chi connectivity index (χ3n) is 8.71. The average molecular weight is 514 g/mol. The molecule has 2 aliphatic carbocycles. The molecule has 4 aliphatic rings. The number of piperazine rings is 2. The molecule has 0 spiro atoms. The number of rotatable bonds is 7. The van der Waals surface area contributed by atoms with Crippen molar-refractivity contribution in [3.63, 3.8) is 0 Å². The van der Waals surface area contributed by atoms with Crippen molar-refractivity contribution >= 4 is 11.8 Å². The lowest BCUT2D eigenvalue weighted by Gasteiger charge is -2.38. The van der Waals surface area contributed by atoms with Crippen LogP contribution in [-0.2, 0) is 19.7 Å². The fourth-order valence-electron chi connectivity index (χ4n) is 5.72. The second kappa shape index (κ2) is 11.8. The molecule has 1 aromatic heterocycles. The van der Waals surface area contributed by atoms with Crippen LogP contribution < -0.4 is 0 Å². The predicted octanol–water partition coefficient (Wildman–Crippen LogP) is 2.63. The topological polar surface area (TPSA) is 69.2 Å². The van der Waals surface area contributed by atoms with E-state index >= 15 is 0 Å². The SMILES string of the molecule is CC(C)N1CCN(C(=O)C2(c3ccccn3)CC2)CC1.COCC1(C(=O)N2CCN(C(C)C)CC2)CC1. The van der Waals surface area contributed by atoms with Crippen LogP contribution in [0.3, 0.4) is 0 Å². The van der Waals surface area contributed by atoms with Crippen LogP contribution in [0.2, 0.25) is 0 Å². The Morgan fingerprint density at radius 1 is 0.811 bits per heavy atom. The molecule has 206 valence electrons. The van der Waals surface area contributed by atoms with Gasteiger partial charge < -0.3 is 14.5 Å². The molecule has 3 heterocycles. The van der Waals surface area contributed by atoms with Crippen LogP contribution in [0.25, 0.3) is 0 Å². The average Bonchev–Trinajstić information content (AvgIpc) is 3.85. The van der Waals surface area contributed by atoms with E-state index in [1.54, 1.807) is 13.3 Å². The molecule has 0 radical (unpaired) electrons. The van der Waals surface area contributed by atoms with Crippen molar-refractivity contribution in [1.82, 2.24) is 24.6 Å². The minimum atomic E-state index is -0.304. The Hall–Kier alpha value is -2.03. The van der Waals surface area contributed by atoms with Gasteiger partial charge in [-0.1, -0.05) is 6.07 Å². The standard InChI is InChI=1S/C16H23N3O.C13H24N2O2/c1-13(2)18-9-11-19(12-10-18)15(20)16(6-7-16)14-5-3-4-8-17-14;1-11(2)14-6-8-15(9-7-14)12(16)13(4-5-13)10-17-3/h3-5,8,13H,6-7,9-12H2,1-2H3;11H,4-10H2,1-3H3. The lowest BCUT2D eigenvalue weighted by molar-refractivity contribution is -0.141. The molecular formula is C29H47N5O3. The molecule has 5 rings (SSSR count). The summed E-state index contributed by atoms with van der Waals surface area (Å²) in [5, 5.41) is 0. The summed E-state index contributed by atoms with van der Waals surface area (Å²) in [6.07, 6.45) is 5.70. The number of pyridine rings is 1. The second-order valence-electron chi connectivity index (χ2n) is 11.9. The van der Waals surface area contributed by atoms with Crippen LogP contribution >= 0.6 is 0 Å². The fraction of sp³-hybridized carbons (Fsp3) is 0.759. The zero-order valence-electron chi connectivity index (χ0n) is 23.6. The van der Waals surface area contributed by atoms with Gasteiger partial charge in [0.15, 0.2) is 0 Å². The van der Waals surface area contributed by atoms with E-state index in [0.29, 0.717) is 30.5 Å². The van der Waals surface area contributed by atoms with Crippen LogP contribution in [-0.4, -0.2) is 115 Å². The molecule has 1 aromatic rings. The van der Waals surface area contributed by atoms with Crippen molar-refractivity contribution in [3.05, 3.63) is 30.1 Å². The number of nitrogens with zero attached hydrogens (tertiary/aromatic N) is 5. The highest BCUT2D eigenvalue weighted by Gasteiger charge is 2.54. The molecule has 0 bridgehead atoms. The van der Waals surface area contributed by atoms with E-state index < -0.39 is 0 Å². The number of hydrogen-bond acceptors (Lipinski definition) is 6. The first kappa shape index (κ1) is 28.0. The number of ether oxygens (including phenoxy) is 1. The number of amides is 2. The second-order valence-corrected chi connectivity index (χ2v) is 11.9. The van der Waals surface area contributed by atoms with Gasteiger partial charge in [0.2, 0.25) is 11.8 Å². The summed E-state index contributed by atoms with van der Waals surface area (Å²) >= 11 is 0. The molecule has 2 saturated carbocycles. The van der Waals surface area contributed by atoms with Gasteiger partial charge in [0.05, 0.1) is 23.1 Å². The first-order chi connectivity index (χ1) is 17.7. The van der Waals surface area contributed by atoms with Gasteiger partial charge in [0, 0.05) is 77.7 Å². The molecule has 2 saturated heterocycles. The number of methoxy groups -OCH3 is 1. The summed E-state index contributed by atoms with van der Waals surface area (Å²) in [5.74, 6) is 0.613. The molecule has 0 atom stereocenters. The number of carbonyl (C=O) groups is 2. The Kier molecular flexibility index (Phi) is 8.92. The fourth-order valence-corrected chi connectivity index (χ4v) is 5.72. The molecule has 8 heteroatoms. The summed E-state index contributed by atoms with van der Waals surface area (Å²) in [7, 11) is 1.68. The van der Waals surface area contributed by atoms with Gasteiger partial charge in [-0.25, -0.2) is 0 Å². The maximum Gasteiger partial charge on any atom is 0.234 e. The molecule has 8 nitrogen and oxygen atoms in total. The summed E-state index contributed by atoms with van der Waals surface area (Å²) in [4.78, 5) is 38.6. The Labute approximate surface area is 223 Å². The van der Waals surface area contributed by atoms with Crippen molar-refractivity contribution in [1.29, 1.82) is 0 Å². The van der Waals surface area contributed by atoms with E-state index in [1.165, 1.54) is 0 Å². The first-order valence-electron chi connectivity index (χ1n) is 14.2. The normalized spacial score (nSPS) is 23.0. The molecular weight excluding hydrogens is 466 g/mol. The van der Waals surface area contributed by atoms with Crippen molar-refractivity contribution < 1.29 is 14.3 Å². The molecule has 2 aliphatic heterocycles. The zero-order chi connectivity index (χ0) is 26.6. The summed E-state index contributed by atoms with van der Waals surface area (Å²) in [6.45, 7) is 16.9. The molecule has 37 heavy (non-hydrogen) atoms. The Morgan fingerprint density at radius 3 is 1.70 bits per heavy atom. The van der Waals surface area contributed by atoms with E-state index in [-0.39, 0.29) is 10.8 Å². The monoisotopic (exact) mass is 513 g/mol. The van der Waals surface area contributed by atoms with Crippen molar-refractivity contribution in [2.75, 3.05) is 66.1 Å². The van der Waals surface area contributed by atoms with Crippen LogP contribution in [0.15, 0.2) is 24.4 Å². The maximum atomic E-state index is 12.8. The molecule has 4 fully saturated rings. The van der Waals surface area contributed by atoms with Crippen molar-refractivity contribution in [2.24, 2.45) is 5.41 Å². The van der Waals surface area contributed by atoms with E-state index in [0.717, 1.165) is 83.7 Å². The third kappa shape index (κ3) is 6.35. The molecule has 2 amide bonds. The maximum absolute atomic E-state index is 12.8. The van der Waals surface area contributed by atoms with Crippen LogP contribution in [0, 0.1) is 5.41 Å². The lowest BCUT2D eigenvalue weighted by Crippen LogP contribution is -2.53. The van der Waals surface area contributed by atoms with Gasteiger partial charge in [-0.2, -0.15) is 0 Å². The van der Waals surface area contributed by atoms with Crippen LogP contribution in [0.1, 0.15) is 59.1 Å². The Bertz CT molecular complexity index is 897. The number of aromatic nitrogens is 1. The predicted molar refractivity (Wildman–Crippen MR) is 145 cm³/mol. The zero-order valence-corrected chi connectivity index (χ0v) is 23.6. The van der Waals surface area contributed by atoms with E-state index in [1.807, 2.05) is 28.0 Å². The highest BCUT2D eigenvalue weighted by Crippen LogP contribution is 2.49. The summed E-state index contributed by atoms with van der Waals surface area (Å²) in [6, 6.07) is 7.03. The van der Waals surface area contributed by atoms with E-state index in [9.17, 15) is 9.59 Å². The lowest BCUT2D eigenvalue weighted by atomic mass is 9.99. The molecule has 0 aromatic carbocycles. The Morgan fingerprint density at radius 2 is 1.32 bits per heavy atom. The minimum absolute atomic E-state index is 0.158. The van der Waals surface area contributed by atoms with Gasteiger partial charge in [0.1, 0.15) is 0 Å². The minimum Gasteiger partial charge on any atom is -0.384 e. The molecule has 0 unspecified atom stereocenters. The van der Waals surface area contributed by atoms with Gasteiger partial charge in [-0.3, -0.25) is 24.4 Å². The quantitative estimate of drug-likeness (QED) is 0.558.